The van der Waals surface area contributed by atoms with Crippen LogP contribution >= 0.6 is 0 Å². The smallest absolute Gasteiger partial charge is 0.309 e. The molecule has 3 atom stereocenters. The van der Waals surface area contributed by atoms with Crippen LogP contribution in [0.15, 0.2) is 42.5 Å². The van der Waals surface area contributed by atoms with Gasteiger partial charge in [0.15, 0.2) is 11.5 Å². The lowest BCUT2D eigenvalue weighted by Gasteiger charge is -2.29. The molecule has 2 aliphatic rings. The van der Waals surface area contributed by atoms with E-state index in [4.69, 9.17) is 14.2 Å². The molecule has 0 aromatic heterocycles. The molecule has 182 valence electrons. The molecule has 34 heavy (non-hydrogen) atoms. The molecule has 2 aromatic rings. The SMILES string of the molecule is COc1ccc([C@H]2[C@H](C(=O)O)[C@@H](c3ccc4c(c3)OCO4)CN2CC(=O)N(C)CC(C)C)cc1. The van der Waals surface area contributed by atoms with Crippen molar-refractivity contribution in [2.75, 3.05) is 40.6 Å². The van der Waals surface area contributed by atoms with Gasteiger partial charge in [-0.25, -0.2) is 0 Å². The van der Waals surface area contributed by atoms with Gasteiger partial charge in [0.2, 0.25) is 12.7 Å². The van der Waals surface area contributed by atoms with Gasteiger partial charge >= 0.3 is 5.97 Å². The van der Waals surface area contributed by atoms with Crippen molar-refractivity contribution in [2.24, 2.45) is 11.8 Å². The lowest BCUT2D eigenvalue weighted by atomic mass is 9.82. The third kappa shape index (κ3) is 4.82. The van der Waals surface area contributed by atoms with Crippen molar-refractivity contribution >= 4 is 11.9 Å². The van der Waals surface area contributed by atoms with Crippen LogP contribution in [0.5, 0.6) is 17.2 Å². The van der Waals surface area contributed by atoms with Crippen LogP contribution in [0.1, 0.15) is 36.9 Å². The molecule has 8 nitrogen and oxygen atoms in total. The van der Waals surface area contributed by atoms with E-state index in [0.29, 0.717) is 36.3 Å². The molecule has 1 fully saturated rings. The number of hydrogen-bond donors (Lipinski definition) is 1. The molecular formula is C26H32N2O6. The molecule has 0 radical (unpaired) electrons. The summed E-state index contributed by atoms with van der Waals surface area (Å²) in [5, 5.41) is 10.3. The van der Waals surface area contributed by atoms with Gasteiger partial charge in [-0.2, -0.15) is 0 Å². The Kier molecular flexibility index (Phi) is 6.97. The molecule has 1 amide bonds. The molecular weight excluding hydrogens is 436 g/mol. The first-order valence-corrected chi connectivity index (χ1v) is 11.5. The van der Waals surface area contributed by atoms with Crippen molar-refractivity contribution in [1.29, 1.82) is 0 Å². The number of rotatable bonds is 8. The number of carbonyl (C=O) groups excluding carboxylic acids is 1. The summed E-state index contributed by atoms with van der Waals surface area (Å²) < 4.78 is 16.2. The quantitative estimate of drug-likeness (QED) is 0.635. The van der Waals surface area contributed by atoms with E-state index in [1.165, 1.54) is 0 Å². The van der Waals surface area contributed by atoms with Crippen LogP contribution in [0.3, 0.4) is 0 Å². The lowest BCUT2D eigenvalue weighted by Crippen LogP contribution is -2.40. The highest BCUT2D eigenvalue weighted by Crippen LogP contribution is 2.47. The van der Waals surface area contributed by atoms with Gasteiger partial charge < -0.3 is 24.2 Å². The molecule has 0 aliphatic carbocycles. The summed E-state index contributed by atoms with van der Waals surface area (Å²) in [4.78, 5) is 29.4. The second kappa shape index (κ2) is 9.93. The van der Waals surface area contributed by atoms with Gasteiger partial charge in [0.25, 0.3) is 0 Å². The fourth-order valence-electron chi connectivity index (χ4n) is 5.02. The number of benzene rings is 2. The van der Waals surface area contributed by atoms with Crippen molar-refractivity contribution < 1.29 is 28.9 Å². The highest BCUT2D eigenvalue weighted by Gasteiger charge is 2.48. The Hall–Kier alpha value is -3.26. The largest absolute Gasteiger partial charge is 0.497 e. The van der Waals surface area contributed by atoms with E-state index in [9.17, 15) is 14.7 Å². The monoisotopic (exact) mass is 468 g/mol. The average molecular weight is 469 g/mol. The molecule has 1 saturated heterocycles. The summed E-state index contributed by atoms with van der Waals surface area (Å²) in [6.07, 6.45) is 0. The zero-order valence-corrected chi connectivity index (χ0v) is 20.1. The number of hydrogen-bond acceptors (Lipinski definition) is 6. The lowest BCUT2D eigenvalue weighted by molar-refractivity contribution is -0.143. The van der Waals surface area contributed by atoms with Crippen LogP contribution in [-0.2, 0) is 9.59 Å². The van der Waals surface area contributed by atoms with E-state index in [1.807, 2.05) is 47.4 Å². The number of ether oxygens (including phenoxy) is 3. The van der Waals surface area contributed by atoms with Gasteiger partial charge in [0, 0.05) is 32.1 Å². The van der Waals surface area contributed by atoms with Gasteiger partial charge in [0.05, 0.1) is 19.6 Å². The Morgan fingerprint density at radius 3 is 2.44 bits per heavy atom. The molecule has 1 N–H and O–H groups in total. The fourth-order valence-corrected chi connectivity index (χ4v) is 5.02. The van der Waals surface area contributed by atoms with E-state index in [2.05, 4.69) is 13.8 Å². The van der Waals surface area contributed by atoms with Crippen molar-refractivity contribution in [3.8, 4) is 17.2 Å². The number of fused-ring (bicyclic) bond motifs is 1. The van der Waals surface area contributed by atoms with Gasteiger partial charge in [-0.15, -0.1) is 0 Å². The molecule has 0 bridgehead atoms. The highest BCUT2D eigenvalue weighted by atomic mass is 16.7. The Morgan fingerprint density at radius 1 is 1.12 bits per heavy atom. The van der Waals surface area contributed by atoms with E-state index < -0.39 is 17.9 Å². The van der Waals surface area contributed by atoms with E-state index in [-0.39, 0.29) is 25.2 Å². The zero-order valence-electron chi connectivity index (χ0n) is 20.1. The molecule has 2 aliphatic heterocycles. The third-order valence-electron chi connectivity index (χ3n) is 6.57. The van der Waals surface area contributed by atoms with Crippen LogP contribution in [0.4, 0.5) is 0 Å². The number of methoxy groups -OCH3 is 1. The molecule has 0 saturated carbocycles. The van der Waals surface area contributed by atoms with Gasteiger partial charge in [-0.1, -0.05) is 32.0 Å². The van der Waals surface area contributed by atoms with Crippen LogP contribution in [0.2, 0.25) is 0 Å². The maximum Gasteiger partial charge on any atom is 0.309 e. The number of carboxylic acids is 1. The van der Waals surface area contributed by atoms with Crippen LogP contribution in [0.25, 0.3) is 0 Å². The van der Waals surface area contributed by atoms with Gasteiger partial charge in [0.1, 0.15) is 5.75 Å². The third-order valence-corrected chi connectivity index (χ3v) is 6.57. The van der Waals surface area contributed by atoms with Crippen molar-refractivity contribution in [3.05, 3.63) is 53.6 Å². The minimum absolute atomic E-state index is 0.0253. The maximum absolute atomic E-state index is 13.1. The molecule has 2 aromatic carbocycles. The summed E-state index contributed by atoms with van der Waals surface area (Å²) in [5.41, 5.74) is 1.71. The first-order valence-electron chi connectivity index (χ1n) is 11.5. The Balaban J connectivity index is 1.69. The molecule has 0 unspecified atom stereocenters. The Labute approximate surface area is 200 Å². The summed E-state index contributed by atoms with van der Waals surface area (Å²) in [7, 11) is 3.39. The van der Waals surface area contributed by atoms with Crippen molar-refractivity contribution in [1.82, 2.24) is 9.80 Å². The first-order chi connectivity index (χ1) is 16.3. The zero-order chi connectivity index (χ0) is 24.4. The van der Waals surface area contributed by atoms with Crippen LogP contribution in [0, 0.1) is 11.8 Å². The predicted octanol–water partition coefficient (Wildman–Crippen LogP) is 3.38. The van der Waals surface area contributed by atoms with Crippen LogP contribution < -0.4 is 14.2 Å². The molecule has 4 rings (SSSR count). The van der Waals surface area contributed by atoms with E-state index in [1.54, 1.807) is 19.1 Å². The Morgan fingerprint density at radius 2 is 1.79 bits per heavy atom. The minimum Gasteiger partial charge on any atom is -0.497 e. The second-order valence-corrected chi connectivity index (χ2v) is 9.40. The molecule has 0 spiro atoms. The van der Waals surface area contributed by atoms with Gasteiger partial charge in [-0.3, -0.25) is 14.5 Å². The number of carboxylic acid groups (broad SMARTS) is 1. The number of likely N-dealkylation sites (N-methyl/N-ethyl adjacent to an activating group) is 1. The Bertz CT molecular complexity index is 1040. The van der Waals surface area contributed by atoms with Crippen LogP contribution in [-0.4, -0.2) is 67.4 Å². The fraction of sp³-hybridized carbons (Fsp3) is 0.462. The highest BCUT2D eigenvalue weighted by molar-refractivity contribution is 5.79. The molecule has 8 heteroatoms. The number of likely N-dealkylation sites (tertiary alicyclic amines) is 1. The maximum atomic E-state index is 13.1. The normalized spacial score (nSPS) is 21.6. The van der Waals surface area contributed by atoms with Gasteiger partial charge in [-0.05, 0) is 41.3 Å². The van der Waals surface area contributed by atoms with E-state index in [0.717, 1.165) is 11.1 Å². The number of amides is 1. The predicted molar refractivity (Wildman–Crippen MR) is 126 cm³/mol. The standard InChI is InChI=1S/C26H32N2O6/c1-16(2)12-27(3)23(29)14-28-13-20(18-7-10-21-22(11-18)34-15-33-21)24(26(30)31)25(28)17-5-8-19(32-4)9-6-17/h5-11,16,20,24-25H,12-15H2,1-4H3,(H,30,31)/t20-,24-,25+/m1/s1. The van der Waals surface area contributed by atoms with Crippen molar-refractivity contribution in [2.45, 2.75) is 25.8 Å². The second-order valence-electron chi connectivity index (χ2n) is 9.40. The first kappa shape index (κ1) is 23.9. The summed E-state index contributed by atoms with van der Waals surface area (Å²) >= 11 is 0. The number of nitrogens with zero attached hydrogens (tertiary/aromatic N) is 2. The number of aliphatic carboxylic acids is 1. The minimum atomic E-state index is -0.894. The van der Waals surface area contributed by atoms with E-state index >= 15 is 0 Å². The summed E-state index contributed by atoms with van der Waals surface area (Å²) in [6, 6.07) is 12.5. The molecule has 2 heterocycles. The summed E-state index contributed by atoms with van der Waals surface area (Å²) in [6.45, 7) is 5.52. The topological polar surface area (TPSA) is 88.5 Å². The summed E-state index contributed by atoms with van der Waals surface area (Å²) in [5.74, 6) is 0.339. The average Bonchev–Trinajstić information content (AvgIpc) is 3.42. The number of carbonyl (C=O) groups is 2. The van der Waals surface area contributed by atoms with Crippen molar-refractivity contribution in [3.63, 3.8) is 0 Å².